The van der Waals surface area contributed by atoms with Crippen molar-refractivity contribution in [1.82, 2.24) is 13.9 Å². The number of aromatic nitrogens is 3. The van der Waals surface area contributed by atoms with Gasteiger partial charge in [0.25, 0.3) is 0 Å². The number of hydrogen-bond donors (Lipinski definition) is 1. The number of carbonyl (C=O) groups excluding carboxylic acids is 1. The van der Waals surface area contributed by atoms with Crippen LogP contribution in [0.25, 0.3) is 0 Å². The highest BCUT2D eigenvalue weighted by molar-refractivity contribution is 8.13. The van der Waals surface area contributed by atoms with Crippen molar-refractivity contribution in [3.63, 3.8) is 0 Å². The van der Waals surface area contributed by atoms with Gasteiger partial charge in [-0.15, -0.1) is 0 Å². The van der Waals surface area contributed by atoms with Crippen molar-refractivity contribution in [2.45, 2.75) is 25.6 Å². The Labute approximate surface area is 152 Å². The van der Waals surface area contributed by atoms with Gasteiger partial charge < -0.3 is 5.11 Å². The van der Waals surface area contributed by atoms with E-state index in [4.69, 9.17) is 0 Å². The summed E-state index contributed by atoms with van der Waals surface area (Å²) in [5.41, 5.74) is -0.529. The van der Waals surface area contributed by atoms with E-state index in [9.17, 15) is 24.3 Å². The Bertz CT molecular complexity index is 986. The Morgan fingerprint density at radius 2 is 1.73 bits per heavy atom. The fourth-order valence-electron chi connectivity index (χ4n) is 2.95. The molecule has 136 valence electrons. The van der Waals surface area contributed by atoms with E-state index >= 15 is 0 Å². The molecule has 1 aliphatic rings. The standard InChI is InChI=1S/C17H17N3O5S/c1-11(21)26-10-9-18-16(24)19-13(12-5-3-2-4-6-12)7-8-14(15(22)23)20(19)17(18)25/h2-8,13-14H,9-10H2,1H3,(H,22,23). The van der Waals surface area contributed by atoms with Crippen molar-refractivity contribution >= 4 is 22.8 Å². The number of carboxylic acid groups (broad SMARTS) is 1. The quantitative estimate of drug-likeness (QED) is 0.778. The van der Waals surface area contributed by atoms with Crippen LogP contribution in [0.1, 0.15) is 24.6 Å². The summed E-state index contributed by atoms with van der Waals surface area (Å²) in [5.74, 6) is -0.964. The van der Waals surface area contributed by atoms with E-state index in [1.165, 1.54) is 17.7 Å². The highest BCUT2D eigenvalue weighted by Crippen LogP contribution is 2.24. The number of hydrogen-bond acceptors (Lipinski definition) is 5. The van der Waals surface area contributed by atoms with Crippen molar-refractivity contribution in [2.75, 3.05) is 5.75 Å². The molecule has 2 unspecified atom stereocenters. The molecule has 2 heterocycles. The van der Waals surface area contributed by atoms with Gasteiger partial charge in [0.2, 0.25) is 0 Å². The predicted molar refractivity (Wildman–Crippen MR) is 96.5 cm³/mol. The average Bonchev–Trinajstić information content (AvgIpc) is 2.87. The van der Waals surface area contributed by atoms with E-state index in [1.807, 2.05) is 6.07 Å². The van der Waals surface area contributed by atoms with E-state index in [0.717, 1.165) is 26.6 Å². The maximum absolute atomic E-state index is 12.8. The smallest absolute Gasteiger partial charge is 0.348 e. The van der Waals surface area contributed by atoms with E-state index in [-0.39, 0.29) is 17.4 Å². The number of fused-ring (bicyclic) bond motifs is 1. The molecule has 1 aromatic carbocycles. The molecule has 0 spiro atoms. The molecule has 1 aromatic heterocycles. The summed E-state index contributed by atoms with van der Waals surface area (Å²) in [6.45, 7) is 1.43. The Balaban J connectivity index is 2.12. The summed E-state index contributed by atoms with van der Waals surface area (Å²) in [6.07, 6.45) is 3.03. The maximum Gasteiger partial charge on any atom is 0.348 e. The lowest BCUT2D eigenvalue weighted by atomic mass is 10.0. The zero-order valence-corrected chi connectivity index (χ0v) is 14.8. The van der Waals surface area contributed by atoms with Gasteiger partial charge in [-0.05, 0) is 5.56 Å². The van der Waals surface area contributed by atoms with Crippen molar-refractivity contribution in [3.8, 4) is 0 Å². The Morgan fingerprint density at radius 1 is 1.08 bits per heavy atom. The topological polar surface area (TPSA) is 103 Å². The van der Waals surface area contributed by atoms with Gasteiger partial charge in [0.05, 0.1) is 6.04 Å². The number of allylic oxidation sites excluding steroid dienone is 1. The van der Waals surface area contributed by atoms with Crippen LogP contribution in [0.5, 0.6) is 0 Å². The third kappa shape index (κ3) is 3.17. The molecule has 1 N–H and O–H groups in total. The monoisotopic (exact) mass is 375 g/mol. The van der Waals surface area contributed by atoms with Gasteiger partial charge in [-0.25, -0.2) is 28.3 Å². The first kappa shape index (κ1) is 18.0. The summed E-state index contributed by atoms with van der Waals surface area (Å²) in [5, 5.41) is 9.31. The molecule has 0 radical (unpaired) electrons. The first-order chi connectivity index (χ1) is 12.4. The lowest BCUT2D eigenvalue weighted by molar-refractivity contribution is -0.140. The largest absolute Gasteiger partial charge is 0.479 e. The van der Waals surface area contributed by atoms with E-state index in [2.05, 4.69) is 0 Å². The van der Waals surface area contributed by atoms with Crippen LogP contribution >= 0.6 is 11.8 Å². The zero-order valence-electron chi connectivity index (χ0n) is 13.9. The number of aliphatic carboxylic acids is 1. The SMILES string of the molecule is CC(=O)SCCn1c(=O)n2n(c1=O)C(c1ccccc1)C=CC2C(=O)O. The van der Waals surface area contributed by atoms with Crippen molar-refractivity contribution in [3.05, 3.63) is 69.0 Å². The summed E-state index contributed by atoms with van der Waals surface area (Å²) in [4.78, 5) is 48.2. The molecule has 0 aliphatic carbocycles. The van der Waals surface area contributed by atoms with Gasteiger partial charge in [-0.3, -0.25) is 4.79 Å². The van der Waals surface area contributed by atoms with Gasteiger partial charge in [-0.2, -0.15) is 0 Å². The van der Waals surface area contributed by atoms with Crippen LogP contribution in [0.4, 0.5) is 0 Å². The minimum Gasteiger partial charge on any atom is -0.479 e. The molecule has 0 amide bonds. The molecular weight excluding hydrogens is 358 g/mol. The average molecular weight is 375 g/mol. The number of rotatable bonds is 5. The fourth-order valence-corrected chi connectivity index (χ4v) is 3.52. The second kappa shape index (κ2) is 7.20. The molecule has 2 aromatic rings. The van der Waals surface area contributed by atoms with Gasteiger partial charge >= 0.3 is 17.3 Å². The van der Waals surface area contributed by atoms with Crippen molar-refractivity contribution < 1.29 is 14.7 Å². The molecule has 0 fully saturated rings. The lowest BCUT2D eigenvalue weighted by Crippen LogP contribution is -2.38. The van der Waals surface area contributed by atoms with Crippen LogP contribution in [0.3, 0.4) is 0 Å². The molecule has 2 atom stereocenters. The Kier molecular flexibility index (Phi) is 4.99. The van der Waals surface area contributed by atoms with E-state index in [1.54, 1.807) is 30.3 Å². The number of benzene rings is 1. The van der Waals surface area contributed by atoms with Gasteiger partial charge in [0.15, 0.2) is 11.2 Å². The molecule has 0 saturated heterocycles. The van der Waals surface area contributed by atoms with Crippen LogP contribution in [0, 0.1) is 0 Å². The molecule has 8 nitrogen and oxygen atoms in total. The second-order valence-electron chi connectivity index (χ2n) is 5.77. The van der Waals surface area contributed by atoms with Crippen molar-refractivity contribution in [2.24, 2.45) is 0 Å². The Morgan fingerprint density at radius 3 is 2.35 bits per heavy atom. The minimum atomic E-state index is -1.25. The Hall–Kier alpha value is -2.81. The summed E-state index contributed by atoms with van der Waals surface area (Å²) < 4.78 is 3.13. The highest BCUT2D eigenvalue weighted by Gasteiger charge is 2.32. The number of carbonyl (C=O) groups is 2. The fraction of sp³-hybridized carbons (Fsp3) is 0.294. The predicted octanol–water partition coefficient (Wildman–Crippen LogP) is 0.876. The van der Waals surface area contributed by atoms with Crippen LogP contribution in [0.2, 0.25) is 0 Å². The van der Waals surface area contributed by atoms with Crippen LogP contribution in [0.15, 0.2) is 52.1 Å². The third-order valence-electron chi connectivity index (χ3n) is 4.10. The van der Waals surface area contributed by atoms with Gasteiger partial charge in [-0.1, -0.05) is 54.2 Å². The molecule has 0 saturated carbocycles. The zero-order chi connectivity index (χ0) is 18.8. The number of carboxylic acids is 1. The normalized spacial score (nSPS) is 18.5. The van der Waals surface area contributed by atoms with Crippen LogP contribution in [-0.4, -0.2) is 35.9 Å². The molecule has 0 bridgehead atoms. The third-order valence-corrected chi connectivity index (χ3v) is 4.90. The molecule has 9 heteroatoms. The van der Waals surface area contributed by atoms with E-state index < -0.39 is 29.4 Å². The maximum atomic E-state index is 12.8. The van der Waals surface area contributed by atoms with E-state index in [0.29, 0.717) is 0 Å². The van der Waals surface area contributed by atoms with Gasteiger partial charge in [0.1, 0.15) is 0 Å². The molecule has 3 rings (SSSR count). The molecule has 1 aliphatic heterocycles. The van der Waals surface area contributed by atoms with Crippen LogP contribution < -0.4 is 11.4 Å². The second-order valence-corrected chi connectivity index (χ2v) is 7.04. The summed E-state index contributed by atoms with van der Waals surface area (Å²) in [7, 11) is 0. The summed E-state index contributed by atoms with van der Waals surface area (Å²) >= 11 is 1.01. The first-order valence-corrected chi connectivity index (χ1v) is 8.93. The molecular formula is C17H17N3O5S. The first-order valence-electron chi connectivity index (χ1n) is 7.95. The number of thioether (sulfide) groups is 1. The lowest BCUT2D eigenvalue weighted by Gasteiger charge is -2.24. The summed E-state index contributed by atoms with van der Waals surface area (Å²) in [6, 6.07) is 7.22. The van der Waals surface area contributed by atoms with Crippen molar-refractivity contribution in [1.29, 1.82) is 0 Å². The van der Waals surface area contributed by atoms with Gasteiger partial charge in [0, 0.05) is 19.2 Å². The molecule has 26 heavy (non-hydrogen) atoms. The number of nitrogens with zero attached hydrogens (tertiary/aromatic N) is 3. The minimum absolute atomic E-state index is 0.0305. The highest BCUT2D eigenvalue weighted by atomic mass is 32.2. The van der Waals surface area contributed by atoms with Crippen LogP contribution in [-0.2, 0) is 16.1 Å².